The van der Waals surface area contributed by atoms with Gasteiger partial charge in [-0.2, -0.15) is 0 Å². The van der Waals surface area contributed by atoms with Gasteiger partial charge in [0.1, 0.15) is 0 Å². The van der Waals surface area contributed by atoms with Gasteiger partial charge in [-0.3, -0.25) is 9.59 Å². The van der Waals surface area contributed by atoms with Gasteiger partial charge in [-0.1, -0.05) is 68.0 Å². The normalized spacial score (nSPS) is 59.3. The minimum absolute atomic E-state index is 0.00621. The van der Waals surface area contributed by atoms with Gasteiger partial charge >= 0.3 is 11.9 Å². The SMILES string of the molecule is [2H]C([2H])(C[C@@H](C)[C@H]1CC[C@H]2[C@H]3[C@H](CC[C@]12C)[C@@]1(C)CC[C@@H](O)C[C@H]1[C@@H](C([2H])([2H])C([2H])([2H])[2H])[C@@]3([2H])O)C(=O)O.[2H]C([2H])(C[C@@H](C)[C@H]1CC[C@H]2[C@H]3[C@H](CC[C@]12C)[C@@]1(C)CC[C@@H](O)C[C@H]1[C@]([2H])(C([2H])([2H])C([2H])([2H])[2H])[C@H]3O)C(=O)O. The smallest absolute Gasteiger partial charge is 0.303 e. The number of hydrogen-bond donors (Lipinski definition) is 6. The van der Waals surface area contributed by atoms with Crippen molar-refractivity contribution in [3.8, 4) is 0 Å². The second-order valence-corrected chi connectivity index (χ2v) is 22.4. The lowest BCUT2D eigenvalue weighted by Crippen LogP contribution is -2.62. The number of hydrogen-bond acceptors (Lipinski definition) is 6. The van der Waals surface area contributed by atoms with Crippen LogP contribution in [0.15, 0.2) is 0 Å². The summed E-state index contributed by atoms with van der Waals surface area (Å²) >= 11 is 0. The van der Waals surface area contributed by atoms with E-state index in [1.165, 1.54) is 0 Å². The van der Waals surface area contributed by atoms with Crippen LogP contribution < -0.4 is 0 Å². The Kier molecular flexibility index (Phi) is 8.84. The number of aliphatic hydroxyl groups excluding tert-OH is 3. The van der Waals surface area contributed by atoms with E-state index in [0.717, 1.165) is 12.8 Å². The minimum atomic E-state index is -3.14. The molecule has 0 heterocycles. The number of carboxylic acid groups (broad SMARTS) is 2. The molecule has 0 bridgehead atoms. The van der Waals surface area contributed by atoms with E-state index in [1.54, 1.807) is 0 Å². The second-order valence-electron chi connectivity index (χ2n) is 22.4. The van der Waals surface area contributed by atoms with Crippen LogP contribution in [0.1, 0.15) is 205 Å². The van der Waals surface area contributed by atoms with E-state index >= 15 is 0 Å². The Morgan fingerprint density at radius 2 is 1.03 bits per heavy atom. The molecular formula is C52H88O8. The fourth-order valence-corrected chi connectivity index (χ4v) is 17.1. The third-order valence-corrected chi connectivity index (χ3v) is 20.1. The molecule has 60 heavy (non-hydrogen) atoms. The van der Waals surface area contributed by atoms with Gasteiger partial charge < -0.3 is 30.6 Å². The van der Waals surface area contributed by atoms with Crippen LogP contribution in [0, 0.1) is 104 Å². The Bertz CT molecular complexity index is 2180. The van der Waals surface area contributed by atoms with Gasteiger partial charge in [0.2, 0.25) is 0 Å². The zero-order valence-electron chi connectivity index (χ0n) is 53.1. The van der Waals surface area contributed by atoms with E-state index in [1.807, 2.05) is 27.7 Å². The molecule has 0 saturated heterocycles. The van der Waals surface area contributed by atoms with Crippen molar-refractivity contribution in [2.45, 2.75) is 208 Å². The summed E-state index contributed by atoms with van der Waals surface area (Å²) in [5, 5.41) is 63.9. The van der Waals surface area contributed by atoms with Crippen LogP contribution in [0.3, 0.4) is 0 Å². The van der Waals surface area contributed by atoms with Crippen LogP contribution in [-0.4, -0.2) is 67.0 Å². The molecule has 8 aliphatic rings. The van der Waals surface area contributed by atoms with Gasteiger partial charge in [0, 0.05) is 33.3 Å². The number of carbonyl (C=O) groups is 2. The molecule has 0 spiro atoms. The Balaban J connectivity index is 0.000000221. The second kappa shape index (κ2) is 17.6. The molecule has 8 rings (SSSR count). The largest absolute Gasteiger partial charge is 0.481 e. The van der Waals surface area contributed by atoms with Gasteiger partial charge in [-0.25, -0.2) is 0 Å². The van der Waals surface area contributed by atoms with Crippen LogP contribution in [0.4, 0.5) is 0 Å². The summed E-state index contributed by atoms with van der Waals surface area (Å²) in [6, 6.07) is 0. The molecule has 22 atom stereocenters. The molecule has 0 aromatic heterocycles. The van der Waals surface area contributed by atoms with Crippen molar-refractivity contribution in [1.82, 2.24) is 0 Å². The van der Waals surface area contributed by atoms with Crippen molar-refractivity contribution in [3.05, 3.63) is 0 Å². The monoisotopic (exact) mass is 857 g/mol. The standard InChI is InChI=1S/2C26H44O4/c2*1-5-17-21-14-16(27)10-12-26(21,4)20-11-13-25(3)18(15(2)6-9-22(28)29)7-8-19(25)23(20)24(17)30/h2*15-21,23-24,27,30H,5-14H2,1-4H3,(H,28,29)/t15-,16-,17+,18-,19+,20+,21+,23+,24-,25-,26-;15-,16-,17-,18-,19+,20+,21+,23+,24-,25-,26-/m11/s1/i1D3,5D2,9D2,17D;1D3,5D2,9D2,24D. The number of aliphatic carboxylic acids is 2. The molecule has 0 amide bonds. The van der Waals surface area contributed by atoms with Crippen molar-refractivity contribution < 1.29 is 62.2 Å². The van der Waals surface area contributed by atoms with Crippen LogP contribution in [0.25, 0.3) is 0 Å². The maximum Gasteiger partial charge on any atom is 0.303 e. The van der Waals surface area contributed by atoms with E-state index in [-0.39, 0.29) is 78.4 Å². The fourth-order valence-electron chi connectivity index (χ4n) is 17.1. The van der Waals surface area contributed by atoms with Gasteiger partial charge in [0.15, 0.2) is 0 Å². The zero-order chi connectivity index (χ0) is 57.7. The topological polar surface area (TPSA) is 156 Å². The van der Waals surface area contributed by atoms with Crippen LogP contribution in [0.2, 0.25) is 0 Å². The molecule has 8 aliphatic carbocycles. The molecule has 0 aromatic rings. The predicted molar refractivity (Wildman–Crippen MR) is 236 cm³/mol. The summed E-state index contributed by atoms with van der Waals surface area (Å²) in [5.74, 6) is -10.6. The lowest BCUT2D eigenvalue weighted by molar-refractivity contribution is -0.203. The van der Waals surface area contributed by atoms with Gasteiger partial charge in [-0.05, 0) is 207 Å². The Morgan fingerprint density at radius 3 is 1.53 bits per heavy atom. The van der Waals surface area contributed by atoms with Crippen molar-refractivity contribution in [1.29, 1.82) is 0 Å². The molecule has 0 aliphatic heterocycles. The highest BCUT2D eigenvalue weighted by Crippen LogP contribution is 2.71. The lowest BCUT2D eigenvalue weighted by Gasteiger charge is -2.64. The first-order valence-corrected chi connectivity index (χ1v) is 23.5. The van der Waals surface area contributed by atoms with Crippen LogP contribution in [-0.2, 0) is 9.59 Å². The third kappa shape index (κ3) is 7.77. The predicted octanol–water partition coefficient (Wildman–Crippen LogP) is 10.2. The maximum atomic E-state index is 12.1. The van der Waals surface area contributed by atoms with Crippen LogP contribution in [0.5, 0.6) is 0 Å². The molecule has 8 nitrogen and oxygen atoms in total. The summed E-state index contributed by atoms with van der Waals surface area (Å²) in [6.07, 6.45) is -8.26. The van der Waals surface area contributed by atoms with E-state index in [0.29, 0.717) is 64.2 Å². The Morgan fingerprint density at radius 1 is 0.600 bits per heavy atom. The number of fused-ring (bicyclic) bond motifs is 10. The molecular weight excluding hydrogens is 753 g/mol. The van der Waals surface area contributed by atoms with Gasteiger partial charge in [0.25, 0.3) is 0 Å². The van der Waals surface area contributed by atoms with E-state index < -0.39 is 127 Å². The molecule has 8 fully saturated rings. The fraction of sp³-hybridized carbons (Fsp3) is 0.962. The highest BCUT2D eigenvalue weighted by molar-refractivity contribution is 5.66. The number of rotatable bonds is 10. The quantitative estimate of drug-likeness (QED) is 0.127. The Labute approximate surface area is 386 Å². The van der Waals surface area contributed by atoms with Gasteiger partial charge in [-0.15, -0.1) is 0 Å². The van der Waals surface area contributed by atoms with Crippen molar-refractivity contribution >= 4 is 11.9 Å². The van der Waals surface area contributed by atoms with Crippen molar-refractivity contribution in [2.24, 2.45) is 104 Å². The van der Waals surface area contributed by atoms with Crippen molar-refractivity contribution in [3.63, 3.8) is 0 Å². The first-order chi connectivity index (χ1) is 34.3. The van der Waals surface area contributed by atoms with E-state index in [4.69, 9.17) is 19.2 Å². The van der Waals surface area contributed by atoms with Gasteiger partial charge in [0.05, 0.1) is 25.8 Å². The maximum absolute atomic E-state index is 12.1. The first kappa shape index (κ1) is 30.1. The summed E-state index contributed by atoms with van der Waals surface area (Å²) in [6.45, 7) is 5.78. The van der Waals surface area contributed by atoms with E-state index in [9.17, 15) is 43.0 Å². The van der Waals surface area contributed by atoms with Crippen molar-refractivity contribution in [2.75, 3.05) is 0 Å². The minimum Gasteiger partial charge on any atom is -0.481 e. The molecule has 0 radical (unpaired) electrons. The molecule has 0 unspecified atom stereocenters. The first-order valence-electron chi connectivity index (χ1n) is 31.5. The average molecular weight is 857 g/mol. The summed E-state index contributed by atoms with van der Waals surface area (Å²) in [4.78, 5) is 23.0. The highest BCUT2D eigenvalue weighted by Gasteiger charge is 2.66. The molecule has 8 saturated carbocycles. The summed E-state index contributed by atoms with van der Waals surface area (Å²) in [5.41, 5.74) is -1.94. The summed E-state index contributed by atoms with van der Waals surface area (Å²) in [7, 11) is 0. The zero-order valence-corrected chi connectivity index (χ0v) is 37.1. The van der Waals surface area contributed by atoms with E-state index in [2.05, 4.69) is 13.8 Å². The lowest BCUT2D eigenvalue weighted by atomic mass is 9.41. The summed E-state index contributed by atoms with van der Waals surface area (Å²) < 4.78 is 134. The number of carboxylic acids is 2. The number of aliphatic hydroxyl groups is 4. The molecule has 6 N–H and O–H groups in total. The third-order valence-electron chi connectivity index (χ3n) is 20.1. The highest BCUT2D eigenvalue weighted by atomic mass is 16.4. The Hall–Kier alpha value is -1.22. The molecule has 0 aromatic carbocycles. The molecule has 8 heteroatoms. The average Bonchev–Trinajstić information content (AvgIpc) is 3.82. The molecule has 344 valence electrons. The van der Waals surface area contributed by atoms with Crippen LogP contribution >= 0.6 is 0 Å².